The molecule has 2 aromatic heterocycles. The molecule has 9 nitrogen and oxygen atoms in total. The quantitative estimate of drug-likeness (QED) is 0.0997. The molecule has 4 heterocycles. The molecule has 1 aromatic carbocycles. The Morgan fingerprint density at radius 1 is 1.06 bits per heavy atom. The Balaban J connectivity index is 1.41. The molecule has 0 radical (unpaired) electrons. The number of thiophene rings is 1. The third-order valence-corrected chi connectivity index (χ3v) is 10.6. The lowest BCUT2D eigenvalue weighted by Crippen LogP contribution is -2.68. The standard InChI is InChI=1S/C38H45F4N3O6S/c1-4-10-32-37(51-27-23-26(3)52-25-27,15-9-19-45(32)34(47)28-24-43-18-14-29(28)38(40,41)42)35(48)44-20-16-36(39,17-21-44)30-11-6-7-12-31(30)50-22-8-13-33(46)49-5-2/h6-7,11-12,14,18,23-25,32H,4-5,8-10,13,15-17,19-22H2,1-3H3/t32-,37+/m1/s1. The first-order valence-electron chi connectivity index (χ1n) is 17.8. The largest absolute Gasteiger partial charge is 0.493 e. The summed E-state index contributed by atoms with van der Waals surface area (Å²) >= 11 is 1.42. The van der Waals surface area contributed by atoms with Crippen molar-refractivity contribution < 1.29 is 46.2 Å². The van der Waals surface area contributed by atoms with Crippen LogP contribution in [0.1, 0.15) is 91.6 Å². The van der Waals surface area contributed by atoms with E-state index in [0.29, 0.717) is 36.3 Å². The third-order valence-electron chi connectivity index (χ3n) is 9.71. The van der Waals surface area contributed by atoms with Crippen LogP contribution in [0.2, 0.25) is 0 Å². The van der Waals surface area contributed by atoms with E-state index >= 15 is 4.39 Å². The summed E-state index contributed by atoms with van der Waals surface area (Å²) in [6.45, 7) is 6.17. The first kappa shape index (κ1) is 39.0. The zero-order chi connectivity index (χ0) is 37.5. The molecule has 2 fully saturated rings. The number of aromatic nitrogens is 1. The van der Waals surface area contributed by atoms with Gasteiger partial charge < -0.3 is 24.0 Å². The van der Waals surface area contributed by atoms with E-state index in [2.05, 4.69) is 4.98 Å². The van der Waals surface area contributed by atoms with Gasteiger partial charge in [-0.1, -0.05) is 31.5 Å². The fraction of sp³-hybridized carbons (Fsp3) is 0.526. The molecule has 282 valence electrons. The predicted octanol–water partition coefficient (Wildman–Crippen LogP) is 7.90. The van der Waals surface area contributed by atoms with Crippen molar-refractivity contribution in [1.82, 2.24) is 14.8 Å². The molecule has 3 aromatic rings. The van der Waals surface area contributed by atoms with Gasteiger partial charge in [-0.05, 0) is 51.3 Å². The van der Waals surface area contributed by atoms with Gasteiger partial charge in [-0.2, -0.15) is 13.2 Å². The highest BCUT2D eigenvalue weighted by atomic mass is 32.1. The average Bonchev–Trinajstić information content (AvgIpc) is 3.54. The summed E-state index contributed by atoms with van der Waals surface area (Å²) in [6.07, 6.45) is -1.08. The highest BCUT2D eigenvalue weighted by Gasteiger charge is 2.56. The molecule has 0 bridgehead atoms. The number of pyridine rings is 1. The lowest BCUT2D eigenvalue weighted by Gasteiger charge is -2.51. The molecule has 2 amide bonds. The van der Waals surface area contributed by atoms with Gasteiger partial charge >= 0.3 is 12.1 Å². The maximum Gasteiger partial charge on any atom is 0.417 e. The minimum atomic E-state index is -4.79. The van der Waals surface area contributed by atoms with Gasteiger partial charge in [0.2, 0.25) is 5.60 Å². The Hall–Kier alpha value is -4.20. The zero-order valence-electron chi connectivity index (χ0n) is 29.7. The number of amides is 2. The lowest BCUT2D eigenvalue weighted by atomic mass is 9.78. The number of hydrogen-bond acceptors (Lipinski definition) is 8. The smallest absolute Gasteiger partial charge is 0.417 e. The molecule has 0 unspecified atom stereocenters. The summed E-state index contributed by atoms with van der Waals surface area (Å²) in [7, 11) is 0. The number of carbonyl (C=O) groups is 3. The van der Waals surface area contributed by atoms with Crippen LogP contribution in [-0.2, 0) is 26.2 Å². The number of rotatable bonds is 13. The maximum atomic E-state index is 16.8. The summed E-state index contributed by atoms with van der Waals surface area (Å²) < 4.78 is 76.5. The van der Waals surface area contributed by atoms with Crippen molar-refractivity contribution in [3.63, 3.8) is 0 Å². The fourth-order valence-corrected chi connectivity index (χ4v) is 7.85. The summed E-state index contributed by atoms with van der Waals surface area (Å²) in [6, 6.07) is 8.47. The summed E-state index contributed by atoms with van der Waals surface area (Å²) in [4.78, 5) is 48.3. The Morgan fingerprint density at radius 2 is 1.81 bits per heavy atom. The summed E-state index contributed by atoms with van der Waals surface area (Å²) in [5.74, 6) is -0.848. The zero-order valence-corrected chi connectivity index (χ0v) is 30.5. The van der Waals surface area contributed by atoms with E-state index in [1.54, 1.807) is 47.5 Å². The number of alkyl halides is 4. The Kier molecular flexibility index (Phi) is 12.5. The Bertz CT molecular complexity index is 1710. The SMILES string of the molecule is CCC[C@H]1N(C(=O)c2cnccc2C(F)(F)F)CCC[C@@]1(Oc1csc(C)c1)C(=O)N1CCC(F)(c2ccccc2OCCCC(=O)OCC)CC1. The molecule has 52 heavy (non-hydrogen) atoms. The minimum Gasteiger partial charge on any atom is -0.493 e. The van der Waals surface area contributed by atoms with E-state index in [4.69, 9.17) is 14.2 Å². The average molecular weight is 748 g/mol. The number of ether oxygens (including phenoxy) is 3. The van der Waals surface area contributed by atoms with E-state index in [-0.39, 0.29) is 70.9 Å². The van der Waals surface area contributed by atoms with E-state index in [0.717, 1.165) is 23.3 Å². The molecular formula is C38H45F4N3O6S. The van der Waals surface area contributed by atoms with E-state index in [1.165, 1.54) is 16.2 Å². The summed E-state index contributed by atoms with van der Waals surface area (Å²) in [5.41, 5.74) is -4.79. The number of carbonyl (C=O) groups excluding carboxylic acids is 3. The second-order valence-corrected chi connectivity index (χ2v) is 14.3. The number of nitrogens with zero attached hydrogens (tertiary/aromatic N) is 3. The fourth-order valence-electron chi connectivity index (χ4n) is 7.25. The van der Waals surface area contributed by atoms with Crippen LogP contribution in [0, 0.1) is 6.92 Å². The van der Waals surface area contributed by atoms with Crippen LogP contribution in [0.5, 0.6) is 11.5 Å². The van der Waals surface area contributed by atoms with Crippen LogP contribution in [0.25, 0.3) is 0 Å². The van der Waals surface area contributed by atoms with Crippen LogP contribution in [0.4, 0.5) is 17.6 Å². The van der Waals surface area contributed by atoms with Crippen LogP contribution in [0.15, 0.2) is 54.2 Å². The van der Waals surface area contributed by atoms with Gasteiger partial charge in [0.15, 0.2) is 0 Å². The molecule has 0 spiro atoms. The van der Waals surface area contributed by atoms with Crippen LogP contribution in [-0.4, -0.2) is 77.1 Å². The number of likely N-dealkylation sites (tertiary alicyclic amines) is 2. The molecule has 0 saturated carbocycles. The highest BCUT2D eigenvalue weighted by molar-refractivity contribution is 7.10. The van der Waals surface area contributed by atoms with Crippen molar-refractivity contribution in [1.29, 1.82) is 0 Å². The topological polar surface area (TPSA) is 98.3 Å². The number of hydrogen-bond donors (Lipinski definition) is 0. The van der Waals surface area contributed by atoms with Crippen molar-refractivity contribution in [3.05, 3.63) is 75.7 Å². The first-order chi connectivity index (χ1) is 24.8. The van der Waals surface area contributed by atoms with Gasteiger partial charge in [-0.25, -0.2) is 4.39 Å². The van der Waals surface area contributed by atoms with Crippen molar-refractivity contribution in [2.75, 3.05) is 32.8 Å². The molecule has 2 saturated heterocycles. The number of aryl methyl sites for hydroxylation is 1. The van der Waals surface area contributed by atoms with Crippen molar-refractivity contribution >= 4 is 29.1 Å². The Morgan fingerprint density at radius 3 is 2.48 bits per heavy atom. The van der Waals surface area contributed by atoms with E-state index in [1.807, 2.05) is 13.8 Å². The number of piperidine rings is 2. The van der Waals surface area contributed by atoms with Crippen molar-refractivity contribution in [3.8, 4) is 11.5 Å². The molecule has 0 N–H and O–H groups in total. The number of benzene rings is 1. The minimum absolute atomic E-state index is 0.0356. The van der Waals surface area contributed by atoms with Crippen LogP contribution in [0.3, 0.4) is 0 Å². The summed E-state index contributed by atoms with van der Waals surface area (Å²) in [5, 5.41) is 1.77. The second kappa shape index (κ2) is 16.6. The van der Waals surface area contributed by atoms with Gasteiger partial charge in [0.1, 0.15) is 17.2 Å². The molecule has 2 aliphatic heterocycles. The molecular weight excluding hydrogens is 702 g/mol. The van der Waals surface area contributed by atoms with Crippen LogP contribution >= 0.6 is 11.3 Å². The van der Waals surface area contributed by atoms with Gasteiger partial charge in [0.05, 0.1) is 30.4 Å². The third kappa shape index (κ3) is 8.53. The molecule has 14 heteroatoms. The molecule has 0 aliphatic carbocycles. The first-order valence-corrected chi connectivity index (χ1v) is 18.6. The highest BCUT2D eigenvalue weighted by Crippen LogP contribution is 2.44. The number of esters is 1. The van der Waals surface area contributed by atoms with Crippen LogP contribution < -0.4 is 9.47 Å². The molecule has 2 aliphatic rings. The van der Waals surface area contributed by atoms with E-state index in [9.17, 15) is 27.6 Å². The molecule has 2 atom stereocenters. The van der Waals surface area contributed by atoms with Gasteiger partial charge in [0.25, 0.3) is 11.8 Å². The number of halogens is 4. The van der Waals surface area contributed by atoms with Gasteiger partial charge in [-0.3, -0.25) is 19.4 Å². The predicted molar refractivity (Wildman–Crippen MR) is 187 cm³/mol. The lowest BCUT2D eigenvalue weighted by molar-refractivity contribution is -0.162. The van der Waals surface area contributed by atoms with Gasteiger partial charge in [0, 0.05) is 73.5 Å². The van der Waals surface area contributed by atoms with E-state index < -0.39 is 46.4 Å². The molecule has 5 rings (SSSR count). The second-order valence-electron chi connectivity index (χ2n) is 13.2. The number of para-hydroxylation sites is 1. The Labute approximate surface area is 305 Å². The van der Waals surface area contributed by atoms with Crippen molar-refractivity contribution in [2.45, 2.75) is 95.6 Å². The van der Waals surface area contributed by atoms with Crippen molar-refractivity contribution in [2.24, 2.45) is 0 Å². The maximum absolute atomic E-state index is 16.8. The normalized spacial score (nSPS) is 20.3. The monoisotopic (exact) mass is 747 g/mol. The van der Waals surface area contributed by atoms with Gasteiger partial charge in [-0.15, -0.1) is 11.3 Å².